The van der Waals surface area contributed by atoms with E-state index in [0.717, 1.165) is 29.3 Å². The Kier molecular flexibility index (Phi) is 6.87. The first-order chi connectivity index (χ1) is 14.2. The van der Waals surface area contributed by atoms with E-state index in [1.54, 1.807) is 24.3 Å². The van der Waals surface area contributed by atoms with Gasteiger partial charge in [-0.25, -0.2) is 8.42 Å². The van der Waals surface area contributed by atoms with Gasteiger partial charge in [0, 0.05) is 30.5 Å². The third kappa shape index (κ3) is 5.89. The molecule has 3 rings (SSSR count). The summed E-state index contributed by atoms with van der Waals surface area (Å²) in [6, 6.07) is 14.4. The maximum Gasteiger partial charge on any atom is 0.245 e. The molecule has 1 fully saturated rings. The molecule has 0 aliphatic carbocycles. The molecule has 0 spiro atoms. The fourth-order valence-electron chi connectivity index (χ4n) is 3.45. The number of ether oxygens (including phenoxy) is 1. The molecule has 1 amide bonds. The van der Waals surface area contributed by atoms with Gasteiger partial charge in [-0.15, -0.1) is 0 Å². The topological polar surface area (TPSA) is 79.0 Å². The maximum atomic E-state index is 12.6. The van der Waals surface area contributed by atoms with E-state index in [2.05, 4.69) is 10.2 Å². The highest BCUT2D eigenvalue weighted by Crippen LogP contribution is 2.25. The van der Waals surface area contributed by atoms with E-state index in [4.69, 9.17) is 4.74 Å². The largest absolute Gasteiger partial charge is 0.491 e. The predicted octanol–water partition coefficient (Wildman–Crippen LogP) is 3.48. The van der Waals surface area contributed by atoms with Crippen molar-refractivity contribution in [2.24, 2.45) is 0 Å². The van der Waals surface area contributed by atoms with Gasteiger partial charge in [0.1, 0.15) is 12.3 Å². The van der Waals surface area contributed by atoms with Gasteiger partial charge in [-0.1, -0.05) is 6.07 Å². The van der Waals surface area contributed by atoms with Crippen molar-refractivity contribution >= 4 is 33.0 Å². The van der Waals surface area contributed by atoms with Crippen LogP contribution < -0.4 is 19.3 Å². The molecular formula is C22H29N3O4S. The lowest BCUT2D eigenvalue weighted by molar-refractivity contribution is -0.114. The van der Waals surface area contributed by atoms with Crippen LogP contribution in [0.15, 0.2) is 48.5 Å². The lowest BCUT2D eigenvalue weighted by Gasteiger charge is -2.23. The van der Waals surface area contributed by atoms with Gasteiger partial charge < -0.3 is 15.0 Å². The second-order valence-corrected chi connectivity index (χ2v) is 9.63. The first-order valence-corrected chi connectivity index (χ1v) is 12.0. The summed E-state index contributed by atoms with van der Waals surface area (Å²) in [6.07, 6.45) is 3.44. The molecule has 7 nitrogen and oxygen atoms in total. The van der Waals surface area contributed by atoms with Crippen LogP contribution in [-0.2, 0) is 14.8 Å². The smallest absolute Gasteiger partial charge is 0.245 e. The minimum absolute atomic E-state index is 0.0428. The Hall–Kier alpha value is -2.74. The van der Waals surface area contributed by atoms with Gasteiger partial charge in [0.05, 0.1) is 18.0 Å². The molecule has 30 heavy (non-hydrogen) atoms. The fraction of sp³-hybridized carbons (Fsp3) is 0.409. The number of rotatable bonds is 8. The minimum Gasteiger partial charge on any atom is -0.491 e. The Bertz CT molecular complexity index is 968. The first kappa shape index (κ1) is 22.0. The van der Waals surface area contributed by atoms with Crippen LogP contribution in [-0.4, -0.2) is 46.3 Å². The number of carbonyl (C=O) groups excluding carboxylic acids is 1. The van der Waals surface area contributed by atoms with Crippen LogP contribution in [0.2, 0.25) is 0 Å². The molecule has 1 N–H and O–H groups in total. The van der Waals surface area contributed by atoms with E-state index in [1.807, 2.05) is 38.1 Å². The van der Waals surface area contributed by atoms with Crippen LogP contribution >= 0.6 is 0 Å². The number of hydrogen-bond donors (Lipinski definition) is 1. The summed E-state index contributed by atoms with van der Waals surface area (Å²) in [5.74, 6) is 0.138. The second-order valence-electron chi connectivity index (χ2n) is 7.72. The van der Waals surface area contributed by atoms with Crippen molar-refractivity contribution in [1.82, 2.24) is 0 Å². The number of nitrogens with one attached hydrogen (secondary N) is 1. The van der Waals surface area contributed by atoms with Crippen molar-refractivity contribution in [3.63, 3.8) is 0 Å². The van der Waals surface area contributed by atoms with E-state index in [-0.39, 0.29) is 12.6 Å². The monoisotopic (exact) mass is 431 g/mol. The summed E-state index contributed by atoms with van der Waals surface area (Å²) in [6.45, 7) is 5.56. The van der Waals surface area contributed by atoms with Gasteiger partial charge in [-0.2, -0.15) is 0 Å². The van der Waals surface area contributed by atoms with E-state index in [1.165, 1.54) is 12.8 Å². The quantitative estimate of drug-likeness (QED) is 0.692. The van der Waals surface area contributed by atoms with Crippen LogP contribution in [0.4, 0.5) is 17.1 Å². The van der Waals surface area contributed by atoms with Crippen LogP contribution in [0, 0.1) is 0 Å². The van der Waals surface area contributed by atoms with E-state index in [0.29, 0.717) is 17.1 Å². The predicted molar refractivity (Wildman–Crippen MR) is 121 cm³/mol. The summed E-state index contributed by atoms with van der Waals surface area (Å²) < 4.78 is 31.4. The molecule has 0 aromatic heterocycles. The fourth-order valence-corrected chi connectivity index (χ4v) is 4.29. The van der Waals surface area contributed by atoms with E-state index < -0.39 is 15.9 Å². The van der Waals surface area contributed by atoms with Gasteiger partial charge in [-0.3, -0.25) is 9.10 Å². The van der Waals surface area contributed by atoms with Gasteiger partial charge in [0.15, 0.2) is 0 Å². The van der Waals surface area contributed by atoms with Crippen molar-refractivity contribution in [2.45, 2.75) is 32.8 Å². The average molecular weight is 432 g/mol. The number of hydrogen-bond acceptors (Lipinski definition) is 5. The summed E-state index contributed by atoms with van der Waals surface area (Å²) >= 11 is 0. The van der Waals surface area contributed by atoms with Gasteiger partial charge in [0.2, 0.25) is 15.9 Å². The van der Waals surface area contributed by atoms with Crippen molar-refractivity contribution in [3.8, 4) is 5.75 Å². The number of amides is 1. The summed E-state index contributed by atoms with van der Waals surface area (Å²) in [5, 5.41) is 2.78. The van der Waals surface area contributed by atoms with Crippen molar-refractivity contribution in [1.29, 1.82) is 0 Å². The van der Waals surface area contributed by atoms with Crippen LogP contribution in [0.3, 0.4) is 0 Å². The Morgan fingerprint density at radius 3 is 2.40 bits per heavy atom. The molecule has 1 aliphatic heterocycles. The average Bonchev–Trinajstić information content (AvgIpc) is 3.20. The van der Waals surface area contributed by atoms with Crippen LogP contribution in [0.25, 0.3) is 0 Å². The zero-order valence-electron chi connectivity index (χ0n) is 17.7. The SMILES string of the molecule is CC(C)Oc1cccc(N(CC(=O)Nc2ccc(N3CCCC3)cc2)S(C)(=O)=O)c1. The molecule has 0 bridgehead atoms. The Labute approximate surface area is 178 Å². The standard InChI is InChI=1S/C22H29N3O4S/c1-17(2)29-21-8-6-7-20(15-21)25(30(3,27)28)16-22(26)23-18-9-11-19(12-10-18)24-13-4-5-14-24/h6-12,15,17H,4-5,13-14,16H2,1-3H3,(H,23,26). The third-order valence-electron chi connectivity index (χ3n) is 4.79. The lowest BCUT2D eigenvalue weighted by Crippen LogP contribution is -2.37. The number of anilines is 3. The number of sulfonamides is 1. The Morgan fingerprint density at radius 1 is 1.13 bits per heavy atom. The number of nitrogens with zero attached hydrogens (tertiary/aromatic N) is 2. The third-order valence-corrected chi connectivity index (χ3v) is 5.93. The molecule has 0 saturated carbocycles. The van der Waals surface area contributed by atoms with Gasteiger partial charge in [-0.05, 0) is 63.1 Å². The molecule has 2 aromatic rings. The summed E-state index contributed by atoms with van der Waals surface area (Å²) in [5.41, 5.74) is 2.15. The molecule has 1 heterocycles. The first-order valence-electron chi connectivity index (χ1n) is 10.1. The number of carbonyl (C=O) groups is 1. The minimum atomic E-state index is -3.66. The summed E-state index contributed by atoms with van der Waals surface area (Å²) in [4.78, 5) is 14.9. The van der Waals surface area contributed by atoms with Crippen molar-refractivity contribution < 1.29 is 17.9 Å². The Morgan fingerprint density at radius 2 is 1.80 bits per heavy atom. The molecule has 0 unspecified atom stereocenters. The molecule has 1 aliphatic rings. The molecule has 8 heteroatoms. The zero-order chi connectivity index (χ0) is 21.7. The number of benzene rings is 2. The zero-order valence-corrected chi connectivity index (χ0v) is 18.5. The van der Waals surface area contributed by atoms with E-state index >= 15 is 0 Å². The van der Waals surface area contributed by atoms with Crippen LogP contribution in [0.5, 0.6) is 5.75 Å². The van der Waals surface area contributed by atoms with Crippen LogP contribution in [0.1, 0.15) is 26.7 Å². The maximum absolute atomic E-state index is 12.6. The van der Waals surface area contributed by atoms with E-state index in [9.17, 15) is 13.2 Å². The molecule has 0 atom stereocenters. The highest BCUT2D eigenvalue weighted by molar-refractivity contribution is 7.92. The molecule has 162 valence electrons. The molecular weight excluding hydrogens is 402 g/mol. The molecule has 2 aromatic carbocycles. The van der Waals surface area contributed by atoms with Gasteiger partial charge in [0.25, 0.3) is 0 Å². The van der Waals surface area contributed by atoms with Crippen molar-refractivity contribution in [3.05, 3.63) is 48.5 Å². The van der Waals surface area contributed by atoms with Crippen molar-refractivity contribution in [2.75, 3.05) is 40.4 Å². The Balaban J connectivity index is 1.70. The normalized spacial score (nSPS) is 14.1. The highest BCUT2D eigenvalue weighted by Gasteiger charge is 2.22. The molecule has 1 saturated heterocycles. The van der Waals surface area contributed by atoms with Gasteiger partial charge >= 0.3 is 0 Å². The second kappa shape index (κ2) is 9.38. The summed E-state index contributed by atoms with van der Waals surface area (Å²) in [7, 11) is -3.66. The highest BCUT2D eigenvalue weighted by atomic mass is 32.2. The molecule has 0 radical (unpaired) electrons. The lowest BCUT2D eigenvalue weighted by atomic mass is 10.2.